The van der Waals surface area contributed by atoms with Crippen LogP contribution in [0.5, 0.6) is 11.5 Å². The van der Waals surface area contributed by atoms with Gasteiger partial charge in [-0.05, 0) is 68.1 Å². The van der Waals surface area contributed by atoms with Gasteiger partial charge in [0.25, 0.3) is 0 Å². The highest BCUT2D eigenvalue weighted by atomic mass is 35.5. The summed E-state index contributed by atoms with van der Waals surface area (Å²) in [6.07, 6.45) is 0. The number of nitrogens with two attached hydrogens (primary N) is 1. The van der Waals surface area contributed by atoms with Gasteiger partial charge in [-0.15, -0.1) is 0 Å². The van der Waals surface area contributed by atoms with Crippen LogP contribution < -0.4 is 10.5 Å². The number of halogens is 1. The van der Waals surface area contributed by atoms with Crippen LogP contribution in [0, 0.1) is 20.8 Å². The van der Waals surface area contributed by atoms with Crippen molar-refractivity contribution in [1.29, 1.82) is 0 Å². The topological polar surface area (TPSA) is 35.2 Å². The summed E-state index contributed by atoms with van der Waals surface area (Å²) >= 11 is 6.27. The number of benzene rings is 2. The van der Waals surface area contributed by atoms with Gasteiger partial charge in [-0.1, -0.05) is 23.7 Å². The predicted molar refractivity (Wildman–Crippen MR) is 84.8 cm³/mol. The van der Waals surface area contributed by atoms with Crippen molar-refractivity contribution in [2.45, 2.75) is 33.7 Å². The second kappa shape index (κ2) is 5.86. The minimum absolute atomic E-state index is 0.0375. The Balaban J connectivity index is 2.35. The summed E-state index contributed by atoms with van der Waals surface area (Å²) in [6, 6.07) is 9.81. The molecule has 0 aliphatic heterocycles. The third kappa shape index (κ3) is 3.14. The molecule has 0 saturated carbocycles. The smallest absolute Gasteiger partial charge is 0.146 e. The van der Waals surface area contributed by atoms with Gasteiger partial charge in [0.1, 0.15) is 11.5 Å². The zero-order chi connectivity index (χ0) is 14.9. The van der Waals surface area contributed by atoms with E-state index >= 15 is 0 Å². The van der Waals surface area contributed by atoms with Gasteiger partial charge in [-0.25, -0.2) is 0 Å². The third-order valence-corrected chi connectivity index (χ3v) is 3.76. The highest BCUT2D eigenvalue weighted by Crippen LogP contribution is 2.34. The first kappa shape index (κ1) is 14.9. The van der Waals surface area contributed by atoms with E-state index in [1.54, 1.807) is 0 Å². The van der Waals surface area contributed by atoms with Crippen molar-refractivity contribution in [3.63, 3.8) is 0 Å². The molecule has 106 valence electrons. The Morgan fingerprint density at radius 3 is 2.35 bits per heavy atom. The Labute approximate surface area is 125 Å². The average molecular weight is 290 g/mol. The van der Waals surface area contributed by atoms with Gasteiger partial charge in [-0.2, -0.15) is 0 Å². The molecule has 20 heavy (non-hydrogen) atoms. The first-order chi connectivity index (χ1) is 9.38. The minimum Gasteiger partial charge on any atom is -0.456 e. The molecular formula is C17H20ClNO. The fourth-order valence-corrected chi connectivity index (χ4v) is 2.34. The second-order valence-electron chi connectivity index (χ2n) is 5.29. The van der Waals surface area contributed by atoms with Crippen LogP contribution in [0.3, 0.4) is 0 Å². The Morgan fingerprint density at radius 1 is 1.05 bits per heavy atom. The van der Waals surface area contributed by atoms with E-state index in [9.17, 15) is 0 Å². The highest BCUT2D eigenvalue weighted by Gasteiger charge is 2.10. The molecule has 2 rings (SSSR count). The molecule has 1 atom stereocenters. The van der Waals surface area contributed by atoms with Crippen LogP contribution in [0.1, 0.15) is 35.2 Å². The van der Waals surface area contributed by atoms with Crippen LogP contribution in [-0.4, -0.2) is 0 Å². The summed E-state index contributed by atoms with van der Waals surface area (Å²) < 4.78 is 5.96. The van der Waals surface area contributed by atoms with E-state index in [2.05, 4.69) is 19.9 Å². The van der Waals surface area contributed by atoms with Crippen molar-refractivity contribution < 1.29 is 4.74 Å². The zero-order valence-corrected chi connectivity index (χ0v) is 13.1. The van der Waals surface area contributed by atoms with Crippen LogP contribution in [0.4, 0.5) is 0 Å². The SMILES string of the molecule is Cc1cc(C)c(C)c(Oc2ccc(C(C)N)cc2Cl)c1. The molecule has 1 unspecified atom stereocenters. The Kier molecular flexibility index (Phi) is 4.36. The summed E-state index contributed by atoms with van der Waals surface area (Å²) in [6.45, 7) is 8.12. The van der Waals surface area contributed by atoms with E-state index < -0.39 is 0 Å². The summed E-state index contributed by atoms with van der Waals surface area (Å²) in [5.41, 5.74) is 10.4. The maximum Gasteiger partial charge on any atom is 0.146 e. The van der Waals surface area contributed by atoms with Crippen LogP contribution in [0.25, 0.3) is 0 Å². The molecule has 0 saturated heterocycles. The van der Waals surface area contributed by atoms with E-state index in [0.717, 1.165) is 16.9 Å². The lowest BCUT2D eigenvalue weighted by Crippen LogP contribution is -2.04. The Bertz CT molecular complexity index is 635. The van der Waals surface area contributed by atoms with E-state index in [1.165, 1.54) is 11.1 Å². The Morgan fingerprint density at radius 2 is 1.75 bits per heavy atom. The molecule has 2 aromatic rings. The molecule has 3 heteroatoms. The van der Waals surface area contributed by atoms with Gasteiger partial charge in [0, 0.05) is 6.04 Å². The lowest BCUT2D eigenvalue weighted by atomic mass is 10.1. The molecule has 2 nitrogen and oxygen atoms in total. The minimum atomic E-state index is -0.0375. The van der Waals surface area contributed by atoms with Crippen molar-refractivity contribution in [2.24, 2.45) is 5.73 Å². The van der Waals surface area contributed by atoms with Crippen molar-refractivity contribution in [3.8, 4) is 11.5 Å². The van der Waals surface area contributed by atoms with Gasteiger partial charge in [-0.3, -0.25) is 0 Å². The molecule has 0 spiro atoms. The predicted octanol–water partition coefficient (Wildman–Crippen LogP) is 5.08. The highest BCUT2D eigenvalue weighted by molar-refractivity contribution is 6.32. The van der Waals surface area contributed by atoms with E-state index in [1.807, 2.05) is 38.1 Å². The van der Waals surface area contributed by atoms with Crippen molar-refractivity contribution >= 4 is 11.6 Å². The number of hydrogen-bond acceptors (Lipinski definition) is 2. The molecule has 2 aromatic carbocycles. The molecule has 0 aliphatic carbocycles. The summed E-state index contributed by atoms with van der Waals surface area (Å²) in [5.74, 6) is 1.50. The normalized spacial score (nSPS) is 12.3. The Hall–Kier alpha value is -1.51. The molecule has 0 heterocycles. The zero-order valence-electron chi connectivity index (χ0n) is 12.3. The standard InChI is InChI=1S/C17H20ClNO/c1-10-7-11(2)12(3)17(8-10)20-16-6-5-14(13(4)19)9-15(16)18/h5-9,13H,19H2,1-4H3. The van der Waals surface area contributed by atoms with Gasteiger partial charge >= 0.3 is 0 Å². The molecular weight excluding hydrogens is 270 g/mol. The fraction of sp³-hybridized carbons (Fsp3) is 0.294. The largest absolute Gasteiger partial charge is 0.456 e. The molecule has 0 aliphatic rings. The quantitative estimate of drug-likeness (QED) is 0.855. The lowest BCUT2D eigenvalue weighted by molar-refractivity contribution is 0.478. The molecule has 0 bridgehead atoms. The van der Waals surface area contributed by atoms with Gasteiger partial charge in [0.05, 0.1) is 5.02 Å². The van der Waals surface area contributed by atoms with Gasteiger partial charge < -0.3 is 10.5 Å². The average Bonchev–Trinajstić information content (AvgIpc) is 2.37. The molecule has 0 amide bonds. The molecule has 0 radical (unpaired) electrons. The second-order valence-corrected chi connectivity index (χ2v) is 5.69. The van der Waals surface area contributed by atoms with Crippen LogP contribution in [0.2, 0.25) is 5.02 Å². The van der Waals surface area contributed by atoms with Crippen molar-refractivity contribution in [2.75, 3.05) is 0 Å². The fourth-order valence-electron chi connectivity index (χ4n) is 2.11. The van der Waals surface area contributed by atoms with E-state index in [0.29, 0.717) is 10.8 Å². The van der Waals surface area contributed by atoms with Crippen molar-refractivity contribution in [1.82, 2.24) is 0 Å². The molecule has 0 fully saturated rings. The maximum absolute atomic E-state index is 6.27. The first-order valence-electron chi connectivity index (χ1n) is 6.69. The van der Waals surface area contributed by atoms with Crippen LogP contribution >= 0.6 is 11.6 Å². The summed E-state index contributed by atoms with van der Waals surface area (Å²) in [4.78, 5) is 0. The number of hydrogen-bond donors (Lipinski definition) is 1. The van der Waals surface area contributed by atoms with Gasteiger partial charge in [0.15, 0.2) is 0 Å². The first-order valence-corrected chi connectivity index (χ1v) is 7.07. The number of rotatable bonds is 3. The third-order valence-electron chi connectivity index (χ3n) is 3.47. The van der Waals surface area contributed by atoms with Gasteiger partial charge in [0.2, 0.25) is 0 Å². The lowest BCUT2D eigenvalue weighted by Gasteiger charge is -2.14. The summed E-state index contributed by atoms with van der Waals surface area (Å²) in [5, 5.41) is 0.582. The van der Waals surface area contributed by atoms with Crippen molar-refractivity contribution in [3.05, 3.63) is 57.6 Å². The molecule has 0 aromatic heterocycles. The monoisotopic (exact) mass is 289 g/mol. The maximum atomic E-state index is 6.27. The van der Waals surface area contributed by atoms with Crippen LogP contribution in [-0.2, 0) is 0 Å². The molecule has 2 N–H and O–H groups in total. The van der Waals surface area contributed by atoms with E-state index in [4.69, 9.17) is 22.1 Å². The van der Waals surface area contributed by atoms with Crippen LogP contribution in [0.15, 0.2) is 30.3 Å². The number of ether oxygens (including phenoxy) is 1. The number of aryl methyl sites for hydroxylation is 2. The van der Waals surface area contributed by atoms with E-state index in [-0.39, 0.29) is 6.04 Å². The summed E-state index contributed by atoms with van der Waals surface area (Å²) in [7, 11) is 0.